The van der Waals surface area contributed by atoms with E-state index in [2.05, 4.69) is 10.1 Å². The van der Waals surface area contributed by atoms with Gasteiger partial charge in [-0.25, -0.2) is 4.98 Å². The molecule has 0 saturated heterocycles. The van der Waals surface area contributed by atoms with E-state index in [1.165, 1.54) is 31.4 Å². The predicted octanol–water partition coefficient (Wildman–Crippen LogP) is 5.60. The van der Waals surface area contributed by atoms with Gasteiger partial charge in [0.2, 0.25) is 5.71 Å². The largest absolute Gasteiger partial charge is 0.435 e. The van der Waals surface area contributed by atoms with Gasteiger partial charge < -0.3 is 4.42 Å². The SMILES string of the molecule is CC(C)(C)C(=O)/C(=N\OS(=O)(=O)c1ccc(C2CCCCC2)cc1)c1nc2ccccc2o1. The fraction of sp³-hybridized carbons (Fsp3) is 0.400. The standard InChI is InChI=1S/C25H28N2O5S/c1-25(2,3)23(28)22(24-26-20-11-7-8-12-21(20)31-24)27-32-33(29,30)19-15-13-18(14-16-19)17-9-5-4-6-10-17/h7-8,11-17H,4-6,9-10H2,1-3H3/b27-22+. The molecular weight excluding hydrogens is 440 g/mol. The summed E-state index contributed by atoms with van der Waals surface area (Å²) in [7, 11) is -4.23. The summed E-state index contributed by atoms with van der Waals surface area (Å²) in [6.07, 6.45) is 5.89. The van der Waals surface area contributed by atoms with Crippen molar-refractivity contribution in [3.8, 4) is 0 Å². The van der Waals surface area contributed by atoms with Gasteiger partial charge in [-0.1, -0.05) is 69.5 Å². The van der Waals surface area contributed by atoms with Crippen LogP contribution in [-0.2, 0) is 19.2 Å². The lowest BCUT2D eigenvalue weighted by Gasteiger charge is -2.21. The summed E-state index contributed by atoms with van der Waals surface area (Å²) in [6.45, 7) is 5.10. The number of carbonyl (C=O) groups excluding carboxylic acids is 1. The van der Waals surface area contributed by atoms with Crippen LogP contribution in [-0.4, -0.2) is 24.9 Å². The van der Waals surface area contributed by atoms with E-state index < -0.39 is 21.3 Å². The van der Waals surface area contributed by atoms with Gasteiger partial charge in [0.1, 0.15) is 10.4 Å². The Kier molecular flexibility index (Phi) is 6.38. The highest BCUT2D eigenvalue weighted by molar-refractivity contribution is 7.86. The zero-order valence-corrected chi connectivity index (χ0v) is 19.9. The van der Waals surface area contributed by atoms with Crippen LogP contribution in [0.5, 0.6) is 0 Å². The molecule has 0 amide bonds. The minimum absolute atomic E-state index is 0.0223. The Bertz CT molecular complexity index is 1250. The van der Waals surface area contributed by atoms with Crippen molar-refractivity contribution in [2.75, 3.05) is 0 Å². The molecule has 1 aliphatic rings. The second-order valence-electron chi connectivity index (χ2n) is 9.44. The van der Waals surface area contributed by atoms with Crippen LogP contribution >= 0.6 is 0 Å². The maximum Gasteiger partial charge on any atom is 0.358 e. The number of aromatic nitrogens is 1. The van der Waals surface area contributed by atoms with E-state index >= 15 is 0 Å². The predicted molar refractivity (Wildman–Crippen MR) is 126 cm³/mol. The Morgan fingerprint density at radius 1 is 1.03 bits per heavy atom. The van der Waals surface area contributed by atoms with Crippen LogP contribution in [0.15, 0.2) is 63.0 Å². The monoisotopic (exact) mass is 468 g/mol. The van der Waals surface area contributed by atoms with E-state index in [4.69, 9.17) is 8.70 Å². The molecule has 0 spiro atoms. The average Bonchev–Trinajstić information content (AvgIpc) is 3.23. The Morgan fingerprint density at radius 3 is 2.33 bits per heavy atom. The second kappa shape index (κ2) is 9.09. The number of hydrogen-bond acceptors (Lipinski definition) is 7. The highest BCUT2D eigenvalue weighted by atomic mass is 32.2. The number of Topliss-reactive ketones (excluding diaryl/α,β-unsaturated/α-hetero) is 1. The molecule has 2 aromatic carbocycles. The Morgan fingerprint density at radius 2 is 1.70 bits per heavy atom. The van der Waals surface area contributed by atoms with Crippen molar-refractivity contribution in [2.24, 2.45) is 10.6 Å². The average molecular weight is 469 g/mol. The number of hydrogen-bond donors (Lipinski definition) is 0. The molecule has 0 aliphatic heterocycles. The van der Waals surface area contributed by atoms with Crippen LogP contribution in [0.4, 0.5) is 0 Å². The van der Waals surface area contributed by atoms with Crippen molar-refractivity contribution in [3.05, 3.63) is 60.0 Å². The van der Waals surface area contributed by atoms with Gasteiger partial charge in [0.15, 0.2) is 11.4 Å². The van der Waals surface area contributed by atoms with E-state index in [0.29, 0.717) is 17.0 Å². The van der Waals surface area contributed by atoms with Gasteiger partial charge in [-0.05, 0) is 48.6 Å². The van der Waals surface area contributed by atoms with Gasteiger partial charge in [0, 0.05) is 5.41 Å². The number of fused-ring (bicyclic) bond motifs is 1. The molecule has 1 heterocycles. The number of benzene rings is 2. The van der Waals surface area contributed by atoms with Crippen LogP contribution in [0.25, 0.3) is 11.1 Å². The minimum atomic E-state index is -4.23. The first-order chi connectivity index (χ1) is 15.6. The molecule has 0 N–H and O–H groups in total. The molecule has 8 heteroatoms. The minimum Gasteiger partial charge on any atom is -0.435 e. The lowest BCUT2D eigenvalue weighted by atomic mass is 9.84. The zero-order chi connectivity index (χ0) is 23.6. The number of para-hydroxylation sites is 2. The summed E-state index contributed by atoms with van der Waals surface area (Å²) in [6, 6.07) is 13.7. The van der Waals surface area contributed by atoms with E-state index in [9.17, 15) is 13.2 Å². The molecule has 33 heavy (non-hydrogen) atoms. The molecule has 0 atom stereocenters. The van der Waals surface area contributed by atoms with Gasteiger partial charge in [0.05, 0.1) is 0 Å². The third-order valence-electron chi connectivity index (χ3n) is 5.86. The van der Waals surface area contributed by atoms with Gasteiger partial charge in [-0.2, -0.15) is 8.42 Å². The van der Waals surface area contributed by atoms with E-state index in [-0.39, 0.29) is 16.5 Å². The van der Waals surface area contributed by atoms with Crippen molar-refractivity contribution in [1.82, 2.24) is 4.98 Å². The summed E-state index contributed by atoms with van der Waals surface area (Å²) in [5.74, 6) is -0.0690. The Balaban J connectivity index is 1.62. The quantitative estimate of drug-likeness (QED) is 0.345. The summed E-state index contributed by atoms with van der Waals surface area (Å²) in [5, 5.41) is 3.74. The van der Waals surface area contributed by atoms with Crippen LogP contribution in [0.2, 0.25) is 0 Å². The molecule has 0 bridgehead atoms. The number of oxazole rings is 1. The number of rotatable bonds is 6. The van der Waals surface area contributed by atoms with Crippen LogP contribution in [0, 0.1) is 5.41 Å². The van der Waals surface area contributed by atoms with Gasteiger partial charge in [0.25, 0.3) is 5.89 Å². The lowest BCUT2D eigenvalue weighted by Crippen LogP contribution is -2.30. The van der Waals surface area contributed by atoms with Crippen molar-refractivity contribution < 1.29 is 21.9 Å². The fourth-order valence-corrected chi connectivity index (χ4v) is 4.71. The summed E-state index contributed by atoms with van der Waals surface area (Å²) >= 11 is 0. The van der Waals surface area contributed by atoms with Crippen molar-refractivity contribution in [2.45, 2.75) is 63.7 Å². The van der Waals surface area contributed by atoms with Crippen LogP contribution in [0.3, 0.4) is 0 Å². The molecule has 1 aliphatic carbocycles. The molecule has 0 radical (unpaired) electrons. The van der Waals surface area contributed by atoms with Gasteiger partial charge in [-0.3, -0.25) is 9.08 Å². The molecule has 1 saturated carbocycles. The maximum atomic E-state index is 13.0. The topological polar surface area (TPSA) is 98.8 Å². The Hall–Kier alpha value is -3.00. The third kappa shape index (κ3) is 5.16. The van der Waals surface area contributed by atoms with Gasteiger partial charge >= 0.3 is 10.1 Å². The van der Waals surface area contributed by atoms with E-state index in [0.717, 1.165) is 18.4 Å². The molecule has 4 rings (SSSR count). The second-order valence-corrected chi connectivity index (χ2v) is 11.0. The first kappa shape index (κ1) is 23.2. The van der Waals surface area contributed by atoms with Crippen molar-refractivity contribution in [3.63, 3.8) is 0 Å². The van der Waals surface area contributed by atoms with E-state index in [1.54, 1.807) is 45.0 Å². The van der Waals surface area contributed by atoms with Gasteiger partial charge in [-0.15, -0.1) is 0 Å². The number of oxime groups is 1. The van der Waals surface area contributed by atoms with Crippen molar-refractivity contribution >= 4 is 32.7 Å². The molecule has 1 aromatic heterocycles. The Labute approximate surface area is 194 Å². The summed E-state index contributed by atoms with van der Waals surface area (Å²) in [5.41, 5.74) is 0.994. The maximum absolute atomic E-state index is 13.0. The van der Waals surface area contributed by atoms with Crippen LogP contribution < -0.4 is 0 Å². The smallest absolute Gasteiger partial charge is 0.358 e. The fourth-order valence-electron chi connectivity index (χ4n) is 3.98. The molecule has 174 valence electrons. The molecule has 0 unspecified atom stereocenters. The first-order valence-electron chi connectivity index (χ1n) is 11.2. The molecule has 7 nitrogen and oxygen atoms in total. The third-order valence-corrected chi connectivity index (χ3v) is 6.99. The number of nitrogens with zero attached hydrogens (tertiary/aromatic N) is 2. The highest BCUT2D eigenvalue weighted by Gasteiger charge is 2.32. The molecule has 3 aromatic rings. The summed E-state index contributed by atoms with van der Waals surface area (Å²) in [4.78, 5) is 17.3. The van der Waals surface area contributed by atoms with E-state index in [1.807, 2.05) is 12.1 Å². The zero-order valence-electron chi connectivity index (χ0n) is 19.1. The normalized spacial score (nSPS) is 16.2. The number of carbonyl (C=O) groups is 1. The lowest BCUT2D eigenvalue weighted by molar-refractivity contribution is -0.119. The highest BCUT2D eigenvalue weighted by Crippen LogP contribution is 2.33. The molecular formula is C25H28N2O5S. The summed E-state index contributed by atoms with van der Waals surface area (Å²) < 4.78 is 36.2. The first-order valence-corrected chi connectivity index (χ1v) is 12.6. The molecule has 1 fully saturated rings. The number of ketones is 1. The van der Waals surface area contributed by atoms with Crippen LogP contribution in [0.1, 0.15) is 70.2 Å². The van der Waals surface area contributed by atoms with Crippen molar-refractivity contribution in [1.29, 1.82) is 0 Å².